The van der Waals surface area contributed by atoms with Gasteiger partial charge in [-0.15, -0.1) is 0 Å². The molecule has 178 valence electrons. The summed E-state index contributed by atoms with van der Waals surface area (Å²) in [5.74, 6) is 0.690. The summed E-state index contributed by atoms with van der Waals surface area (Å²) < 4.78 is 0. The number of carbonyl (C=O) groups is 1. The molecule has 3 aromatic rings. The lowest BCUT2D eigenvalue weighted by Crippen LogP contribution is -2.47. The number of nitrogens with one attached hydrogen (secondary N) is 2. The minimum absolute atomic E-state index is 0.00172. The Morgan fingerprint density at radius 2 is 2.00 bits per heavy atom. The van der Waals surface area contributed by atoms with Crippen molar-refractivity contribution in [2.75, 3.05) is 37.6 Å². The molecule has 6 nitrogen and oxygen atoms in total. The smallest absolute Gasteiger partial charge is 0.263 e. The van der Waals surface area contributed by atoms with Crippen molar-refractivity contribution in [1.29, 1.82) is 0 Å². The van der Waals surface area contributed by atoms with E-state index in [-0.39, 0.29) is 11.9 Å². The topological polar surface area (TPSA) is 64.3 Å². The van der Waals surface area contributed by atoms with Gasteiger partial charge in [-0.2, -0.15) is 0 Å². The van der Waals surface area contributed by atoms with E-state index in [4.69, 9.17) is 0 Å². The molecule has 1 aliphatic rings. The summed E-state index contributed by atoms with van der Waals surface area (Å²) in [5, 5.41) is 5.51. The van der Waals surface area contributed by atoms with Gasteiger partial charge in [0.2, 0.25) is 0 Å². The molecule has 7 heteroatoms. The van der Waals surface area contributed by atoms with Crippen molar-refractivity contribution in [1.82, 2.24) is 20.2 Å². The molecular formula is C26H37N5OS. The number of anilines is 1. The molecular weight excluding hydrogens is 430 g/mol. The Morgan fingerprint density at radius 3 is 2.76 bits per heavy atom. The number of nitrogens with zero attached hydrogens (tertiary/aromatic N) is 3. The number of hydrogen-bond acceptors (Lipinski definition) is 5. The van der Waals surface area contributed by atoms with Crippen LogP contribution in [-0.2, 0) is 6.42 Å². The highest BCUT2D eigenvalue weighted by molar-refractivity contribution is 7.17. The summed E-state index contributed by atoms with van der Waals surface area (Å²) in [6.07, 6.45) is 7.86. The summed E-state index contributed by atoms with van der Waals surface area (Å²) in [6.45, 7) is 11.9. The average molecular weight is 468 g/mol. The fourth-order valence-corrected chi connectivity index (χ4v) is 5.52. The average Bonchev–Trinajstić information content (AvgIpc) is 3.46. The number of aromatic amines is 1. The maximum Gasteiger partial charge on any atom is 0.263 e. The molecule has 1 aliphatic heterocycles. The molecule has 3 heterocycles. The fraction of sp³-hybridized carbons (Fsp3) is 0.538. The number of rotatable bonds is 10. The van der Waals surface area contributed by atoms with E-state index in [1.54, 1.807) is 6.20 Å². The first-order valence-corrected chi connectivity index (χ1v) is 13.1. The number of thiazole rings is 1. The third-order valence-corrected chi connectivity index (χ3v) is 7.42. The molecule has 1 fully saturated rings. The van der Waals surface area contributed by atoms with Crippen LogP contribution in [0.1, 0.15) is 55.3 Å². The van der Waals surface area contributed by atoms with Crippen LogP contribution < -0.4 is 10.2 Å². The zero-order valence-electron chi connectivity index (χ0n) is 20.1. The molecule has 0 aliphatic carbocycles. The molecule has 0 bridgehead atoms. The van der Waals surface area contributed by atoms with E-state index in [1.165, 1.54) is 22.3 Å². The minimum atomic E-state index is -0.00172. The summed E-state index contributed by atoms with van der Waals surface area (Å²) in [7, 11) is 0. The van der Waals surface area contributed by atoms with Gasteiger partial charge in [0, 0.05) is 55.9 Å². The van der Waals surface area contributed by atoms with Gasteiger partial charge in [-0.05, 0) is 30.4 Å². The second-order valence-corrected chi connectivity index (χ2v) is 10.6. The van der Waals surface area contributed by atoms with Crippen molar-refractivity contribution in [3.63, 3.8) is 0 Å². The number of fused-ring (bicyclic) bond motifs is 1. The van der Waals surface area contributed by atoms with E-state index in [9.17, 15) is 4.79 Å². The van der Waals surface area contributed by atoms with Gasteiger partial charge >= 0.3 is 0 Å². The number of para-hydroxylation sites is 1. The van der Waals surface area contributed by atoms with Crippen molar-refractivity contribution in [2.45, 2.75) is 52.5 Å². The van der Waals surface area contributed by atoms with Gasteiger partial charge in [-0.3, -0.25) is 9.69 Å². The SMILES string of the molecule is CCCCC(Cc1c[nH]c2ccccc12)NC(=O)c1cnc(N2CCN(CC(C)C)CC2)s1. The molecule has 1 unspecified atom stereocenters. The molecule has 0 radical (unpaired) electrons. The van der Waals surface area contributed by atoms with Crippen molar-refractivity contribution >= 4 is 33.3 Å². The quantitative estimate of drug-likeness (QED) is 0.444. The Kier molecular flexibility index (Phi) is 8.04. The third-order valence-electron chi connectivity index (χ3n) is 6.37. The highest BCUT2D eigenvalue weighted by atomic mass is 32.1. The summed E-state index contributed by atoms with van der Waals surface area (Å²) in [6, 6.07) is 8.48. The van der Waals surface area contributed by atoms with Gasteiger partial charge in [-0.1, -0.05) is 63.1 Å². The van der Waals surface area contributed by atoms with Gasteiger partial charge < -0.3 is 15.2 Å². The molecule has 0 saturated carbocycles. The van der Waals surface area contributed by atoms with Crippen molar-refractivity contribution in [3.8, 4) is 0 Å². The van der Waals surface area contributed by atoms with Crippen LogP contribution in [0.15, 0.2) is 36.7 Å². The second kappa shape index (κ2) is 11.2. The molecule has 1 saturated heterocycles. The largest absolute Gasteiger partial charge is 0.361 e. The predicted octanol–water partition coefficient (Wildman–Crippen LogP) is 4.93. The lowest BCUT2D eigenvalue weighted by atomic mass is 10.0. The lowest BCUT2D eigenvalue weighted by Gasteiger charge is -2.35. The predicted molar refractivity (Wildman–Crippen MR) is 138 cm³/mol. The maximum absolute atomic E-state index is 13.1. The lowest BCUT2D eigenvalue weighted by molar-refractivity contribution is 0.0938. The molecule has 2 aromatic heterocycles. The number of aromatic nitrogens is 2. The maximum atomic E-state index is 13.1. The van der Waals surface area contributed by atoms with Crippen LogP contribution in [-0.4, -0.2) is 59.5 Å². The third kappa shape index (κ3) is 6.15. The van der Waals surface area contributed by atoms with Crippen molar-refractivity contribution < 1.29 is 4.79 Å². The van der Waals surface area contributed by atoms with Crippen LogP contribution in [0.3, 0.4) is 0 Å². The van der Waals surface area contributed by atoms with Gasteiger partial charge in [0.15, 0.2) is 5.13 Å². The Hall–Kier alpha value is -2.38. The van der Waals surface area contributed by atoms with Crippen LogP contribution >= 0.6 is 11.3 Å². The number of H-pyrrole nitrogens is 1. The van der Waals surface area contributed by atoms with Gasteiger partial charge in [-0.25, -0.2) is 4.98 Å². The molecule has 4 rings (SSSR count). The molecule has 1 aromatic carbocycles. The zero-order valence-corrected chi connectivity index (χ0v) is 21.0. The number of amides is 1. The van der Waals surface area contributed by atoms with E-state index >= 15 is 0 Å². The Bertz CT molecular complexity index is 1030. The van der Waals surface area contributed by atoms with Crippen LogP contribution in [0.25, 0.3) is 10.9 Å². The number of piperazine rings is 1. The Morgan fingerprint density at radius 1 is 1.21 bits per heavy atom. The monoisotopic (exact) mass is 467 g/mol. The molecule has 2 N–H and O–H groups in total. The Labute approximate surface area is 201 Å². The Balaban J connectivity index is 1.38. The standard InChI is InChI=1S/C26H37N5OS/c1-4-5-8-21(15-20-16-27-23-10-7-6-9-22(20)23)29-25(32)24-17-28-26(33-24)31-13-11-30(12-14-31)18-19(2)3/h6-7,9-10,16-17,19,21,27H,4-5,8,11-15,18H2,1-3H3,(H,29,32). The van der Waals surface area contributed by atoms with E-state index in [0.717, 1.165) is 69.1 Å². The highest BCUT2D eigenvalue weighted by Gasteiger charge is 2.22. The first-order valence-electron chi connectivity index (χ1n) is 12.3. The van der Waals surface area contributed by atoms with Crippen molar-refractivity contribution in [3.05, 3.63) is 47.1 Å². The molecule has 1 amide bonds. The first-order chi connectivity index (χ1) is 16.0. The second-order valence-electron chi connectivity index (χ2n) is 9.56. The van der Waals surface area contributed by atoms with Gasteiger partial charge in [0.1, 0.15) is 4.88 Å². The first kappa shape index (κ1) is 23.8. The van der Waals surface area contributed by atoms with Gasteiger partial charge in [0.05, 0.1) is 6.20 Å². The zero-order chi connectivity index (χ0) is 23.2. The summed E-state index contributed by atoms with van der Waals surface area (Å²) in [5.41, 5.74) is 2.41. The van der Waals surface area contributed by atoms with Crippen molar-refractivity contribution in [2.24, 2.45) is 5.92 Å². The molecule has 33 heavy (non-hydrogen) atoms. The molecule has 1 atom stereocenters. The molecule has 0 spiro atoms. The number of carbonyl (C=O) groups excluding carboxylic acids is 1. The van der Waals surface area contributed by atoms with Crippen LogP contribution in [0, 0.1) is 5.92 Å². The van der Waals surface area contributed by atoms with E-state index < -0.39 is 0 Å². The highest BCUT2D eigenvalue weighted by Crippen LogP contribution is 2.25. The number of unbranched alkanes of at least 4 members (excludes halogenated alkanes) is 1. The number of benzene rings is 1. The van der Waals surface area contributed by atoms with Crippen LogP contribution in [0.5, 0.6) is 0 Å². The summed E-state index contributed by atoms with van der Waals surface area (Å²) in [4.78, 5) is 26.6. The van der Waals surface area contributed by atoms with E-state index in [0.29, 0.717) is 10.8 Å². The van der Waals surface area contributed by atoms with Crippen LogP contribution in [0.4, 0.5) is 5.13 Å². The van der Waals surface area contributed by atoms with E-state index in [1.807, 2.05) is 6.07 Å². The van der Waals surface area contributed by atoms with E-state index in [2.05, 4.69) is 70.3 Å². The number of hydrogen-bond donors (Lipinski definition) is 2. The summed E-state index contributed by atoms with van der Waals surface area (Å²) >= 11 is 1.52. The fourth-order valence-electron chi connectivity index (χ4n) is 4.65. The normalized spacial score (nSPS) is 15.9. The minimum Gasteiger partial charge on any atom is -0.361 e. The van der Waals surface area contributed by atoms with Gasteiger partial charge in [0.25, 0.3) is 5.91 Å². The van der Waals surface area contributed by atoms with Crippen LogP contribution in [0.2, 0.25) is 0 Å².